The number of rotatable bonds is 2. The third-order valence-electron chi connectivity index (χ3n) is 2.43. The summed E-state index contributed by atoms with van der Waals surface area (Å²) in [5.74, 6) is 0. The van der Waals surface area contributed by atoms with E-state index in [2.05, 4.69) is 5.16 Å². The summed E-state index contributed by atoms with van der Waals surface area (Å²) < 4.78 is 0. The lowest BCUT2D eigenvalue weighted by molar-refractivity contribution is 0.319. The highest BCUT2D eigenvalue weighted by atomic mass is 16.4. The fourth-order valence-electron chi connectivity index (χ4n) is 1.58. The van der Waals surface area contributed by atoms with Gasteiger partial charge >= 0.3 is 0 Å². The Morgan fingerprint density at radius 2 is 1.53 bits per heavy atom. The van der Waals surface area contributed by atoms with Gasteiger partial charge in [-0.15, -0.1) is 0 Å². The minimum atomic E-state index is 0.495. The van der Waals surface area contributed by atoms with Crippen LogP contribution in [0.4, 0.5) is 0 Å². The number of benzene rings is 2. The Hall–Kier alpha value is -2.60. The first-order valence-electron chi connectivity index (χ1n) is 5.13. The first-order chi connectivity index (χ1) is 8.35. The first-order valence-corrected chi connectivity index (χ1v) is 5.13. The summed E-state index contributed by atoms with van der Waals surface area (Å²) >= 11 is 0. The van der Waals surface area contributed by atoms with Gasteiger partial charge in [-0.3, -0.25) is 0 Å². The Labute approximate surface area is 99.3 Å². The average Bonchev–Trinajstić information content (AvgIpc) is 2.42. The molecule has 0 amide bonds. The van der Waals surface area contributed by atoms with Gasteiger partial charge in [-0.2, -0.15) is 5.26 Å². The fourth-order valence-corrected chi connectivity index (χ4v) is 1.58. The largest absolute Gasteiger partial charge is 0.410 e. The molecule has 0 saturated heterocycles. The Bertz CT molecular complexity index is 565. The van der Waals surface area contributed by atoms with Crippen LogP contribution >= 0.6 is 0 Å². The van der Waals surface area contributed by atoms with Gasteiger partial charge in [0.1, 0.15) is 5.71 Å². The van der Waals surface area contributed by atoms with Gasteiger partial charge in [0, 0.05) is 11.1 Å². The van der Waals surface area contributed by atoms with E-state index in [9.17, 15) is 0 Å². The lowest BCUT2D eigenvalue weighted by atomic mass is 10.0. The molecular formula is C14H10N2O. The van der Waals surface area contributed by atoms with Crippen molar-refractivity contribution in [1.29, 1.82) is 5.26 Å². The molecule has 0 spiro atoms. The molecule has 0 unspecified atom stereocenters. The van der Waals surface area contributed by atoms with Crippen LogP contribution in [0.25, 0.3) is 0 Å². The molecule has 0 fully saturated rings. The lowest BCUT2D eigenvalue weighted by Crippen LogP contribution is -2.02. The fraction of sp³-hybridized carbons (Fsp3) is 0. The summed E-state index contributed by atoms with van der Waals surface area (Å²) in [5.41, 5.74) is 2.69. The molecule has 0 aliphatic heterocycles. The second-order valence-electron chi connectivity index (χ2n) is 3.50. The Kier molecular flexibility index (Phi) is 3.18. The summed E-state index contributed by atoms with van der Waals surface area (Å²) in [4.78, 5) is 0. The molecule has 0 bridgehead atoms. The van der Waals surface area contributed by atoms with Crippen LogP contribution in [0.1, 0.15) is 16.7 Å². The highest BCUT2D eigenvalue weighted by Gasteiger charge is 2.06. The predicted molar refractivity (Wildman–Crippen MR) is 65.0 cm³/mol. The first kappa shape index (κ1) is 10.9. The second-order valence-corrected chi connectivity index (χ2v) is 3.50. The molecule has 0 aliphatic rings. The minimum absolute atomic E-state index is 0.495. The zero-order valence-corrected chi connectivity index (χ0v) is 9.04. The van der Waals surface area contributed by atoms with Crippen LogP contribution < -0.4 is 0 Å². The maximum atomic E-state index is 9.08. The van der Waals surface area contributed by atoms with Crippen LogP contribution in [0.3, 0.4) is 0 Å². The van der Waals surface area contributed by atoms with E-state index in [0.717, 1.165) is 11.1 Å². The van der Waals surface area contributed by atoms with E-state index in [1.54, 1.807) is 24.3 Å². The van der Waals surface area contributed by atoms with Crippen LogP contribution in [0.2, 0.25) is 0 Å². The number of hydrogen-bond donors (Lipinski definition) is 1. The van der Waals surface area contributed by atoms with Crippen molar-refractivity contribution in [3.63, 3.8) is 0 Å². The highest BCUT2D eigenvalue weighted by Crippen LogP contribution is 2.11. The summed E-state index contributed by atoms with van der Waals surface area (Å²) in [7, 11) is 0. The van der Waals surface area contributed by atoms with E-state index in [-0.39, 0.29) is 0 Å². The number of oxime groups is 1. The van der Waals surface area contributed by atoms with E-state index < -0.39 is 0 Å². The molecule has 1 N–H and O–H groups in total. The van der Waals surface area contributed by atoms with Crippen LogP contribution in [0.15, 0.2) is 59.8 Å². The van der Waals surface area contributed by atoms with Gasteiger partial charge in [0.05, 0.1) is 11.6 Å². The molecule has 3 nitrogen and oxygen atoms in total. The van der Waals surface area contributed by atoms with Crippen molar-refractivity contribution in [1.82, 2.24) is 0 Å². The zero-order valence-electron chi connectivity index (χ0n) is 9.04. The smallest absolute Gasteiger partial charge is 0.117 e. The summed E-state index contributed by atoms with van der Waals surface area (Å²) in [6.07, 6.45) is 0. The predicted octanol–water partition coefficient (Wildman–Crippen LogP) is 2.78. The Balaban J connectivity index is 2.41. The number of hydrogen-bond acceptors (Lipinski definition) is 3. The van der Waals surface area contributed by atoms with Crippen LogP contribution in [-0.4, -0.2) is 10.9 Å². The molecule has 3 heteroatoms. The molecule has 0 atom stereocenters. The molecule has 0 saturated carbocycles. The monoisotopic (exact) mass is 222 g/mol. The highest BCUT2D eigenvalue weighted by molar-refractivity contribution is 6.12. The van der Waals surface area contributed by atoms with Gasteiger partial charge in [-0.05, 0) is 12.1 Å². The molecule has 2 aromatic rings. The topological polar surface area (TPSA) is 56.4 Å². The Morgan fingerprint density at radius 3 is 2.06 bits per heavy atom. The van der Waals surface area contributed by atoms with Crippen LogP contribution in [-0.2, 0) is 0 Å². The number of nitrogens with zero attached hydrogens (tertiary/aromatic N) is 2. The standard InChI is InChI=1S/C14H10N2O/c15-10-11-6-8-13(9-7-11)14(16-17)12-4-2-1-3-5-12/h1-9,17H/b16-14+. The van der Waals surface area contributed by atoms with Crippen molar-refractivity contribution in [3.05, 3.63) is 71.3 Å². The van der Waals surface area contributed by atoms with Gasteiger partial charge in [0.2, 0.25) is 0 Å². The van der Waals surface area contributed by atoms with Gasteiger partial charge < -0.3 is 5.21 Å². The second kappa shape index (κ2) is 4.95. The number of nitriles is 1. The molecule has 82 valence electrons. The molecule has 2 rings (SSSR count). The normalized spacial score (nSPS) is 10.9. The van der Waals surface area contributed by atoms with Crippen molar-refractivity contribution < 1.29 is 5.21 Å². The molecule has 0 aliphatic carbocycles. The molecule has 0 aromatic heterocycles. The molecule has 0 heterocycles. The van der Waals surface area contributed by atoms with E-state index >= 15 is 0 Å². The van der Waals surface area contributed by atoms with Gasteiger partial charge in [0.25, 0.3) is 0 Å². The van der Waals surface area contributed by atoms with E-state index in [0.29, 0.717) is 11.3 Å². The van der Waals surface area contributed by atoms with Crippen LogP contribution in [0, 0.1) is 11.3 Å². The Morgan fingerprint density at radius 1 is 0.941 bits per heavy atom. The van der Waals surface area contributed by atoms with E-state index in [1.807, 2.05) is 36.4 Å². The maximum Gasteiger partial charge on any atom is 0.117 e. The van der Waals surface area contributed by atoms with Crippen molar-refractivity contribution in [2.75, 3.05) is 0 Å². The van der Waals surface area contributed by atoms with Crippen molar-refractivity contribution in [2.24, 2.45) is 5.16 Å². The molecule has 0 radical (unpaired) electrons. The summed E-state index contributed by atoms with van der Waals surface area (Å²) in [5, 5.41) is 21.1. The minimum Gasteiger partial charge on any atom is -0.410 e. The van der Waals surface area contributed by atoms with Gasteiger partial charge in [0.15, 0.2) is 0 Å². The van der Waals surface area contributed by atoms with Gasteiger partial charge in [-0.1, -0.05) is 47.6 Å². The quantitative estimate of drug-likeness (QED) is 0.482. The average molecular weight is 222 g/mol. The van der Waals surface area contributed by atoms with Crippen LogP contribution in [0.5, 0.6) is 0 Å². The third-order valence-corrected chi connectivity index (χ3v) is 2.43. The zero-order chi connectivity index (χ0) is 12.1. The van der Waals surface area contributed by atoms with Crippen molar-refractivity contribution in [2.45, 2.75) is 0 Å². The SMILES string of the molecule is N#Cc1ccc(/C(=N/O)c2ccccc2)cc1. The van der Waals surface area contributed by atoms with E-state index in [1.165, 1.54) is 0 Å². The van der Waals surface area contributed by atoms with Crippen molar-refractivity contribution in [3.8, 4) is 6.07 Å². The molecule has 17 heavy (non-hydrogen) atoms. The van der Waals surface area contributed by atoms with Gasteiger partial charge in [-0.25, -0.2) is 0 Å². The van der Waals surface area contributed by atoms with Crippen molar-refractivity contribution >= 4 is 5.71 Å². The molecule has 2 aromatic carbocycles. The summed E-state index contributed by atoms with van der Waals surface area (Å²) in [6.45, 7) is 0. The molecular weight excluding hydrogens is 212 g/mol. The van der Waals surface area contributed by atoms with E-state index in [4.69, 9.17) is 10.5 Å². The third kappa shape index (κ3) is 2.32. The summed E-state index contributed by atoms with van der Waals surface area (Å²) in [6, 6.07) is 18.4. The maximum absolute atomic E-state index is 9.08. The lowest BCUT2D eigenvalue weighted by Gasteiger charge is -2.04.